The number of ether oxygens (including phenoxy) is 1. The van der Waals surface area contributed by atoms with E-state index in [0.717, 1.165) is 0 Å². The van der Waals surface area contributed by atoms with Crippen molar-refractivity contribution in [2.24, 2.45) is 0 Å². The second kappa shape index (κ2) is 12.4. The number of carboxylic acids is 2. The highest BCUT2D eigenvalue weighted by molar-refractivity contribution is 7.54. The van der Waals surface area contributed by atoms with Crippen molar-refractivity contribution >= 4 is 36.5 Å². The minimum atomic E-state index is -3.41. The molecule has 1 aromatic carbocycles. The minimum absolute atomic E-state index is 0.177. The third-order valence-corrected chi connectivity index (χ3v) is 5.55. The van der Waals surface area contributed by atoms with Gasteiger partial charge < -0.3 is 34.3 Å². The molecule has 0 saturated carbocycles. The van der Waals surface area contributed by atoms with Crippen molar-refractivity contribution < 1.29 is 38.2 Å². The molecule has 4 N–H and O–H groups in total. The van der Waals surface area contributed by atoms with Crippen LogP contribution in [0.25, 0.3) is 11.2 Å². The van der Waals surface area contributed by atoms with Crippen LogP contribution >= 0.6 is 7.60 Å². The lowest BCUT2D eigenvalue weighted by molar-refractivity contribution is -0.134. The minimum Gasteiger partial charge on any atom is -0.478 e. The van der Waals surface area contributed by atoms with Gasteiger partial charge in [-0.3, -0.25) is 0 Å². The van der Waals surface area contributed by atoms with Crippen LogP contribution in [0.15, 0.2) is 55.1 Å². The van der Waals surface area contributed by atoms with Crippen molar-refractivity contribution in [1.82, 2.24) is 19.5 Å². The molecule has 13 nitrogen and oxygen atoms in total. The first-order chi connectivity index (χ1) is 16.1. The SMILES string of the molecule is COP(=O)(CO[C@H](C)Cn1cnc2c(N)ncnc21)Oc1ccccc1.O=C(O)/C=C/C(=O)O. The molecule has 14 heteroatoms. The Morgan fingerprint density at radius 1 is 1.15 bits per heavy atom. The van der Waals surface area contributed by atoms with Crippen LogP contribution < -0.4 is 10.3 Å². The summed E-state index contributed by atoms with van der Waals surface area (Å²) in [5.41, 5.74) is 6.93. The van der Waals surface area contributed by atoms with Crippen molar-refractivity contribution in [1.29, 1.82) is 0 Å². The van der Waals surface area contributed by atoms with Crippen LogP contribution in [0, 0.1) is 0 Å². The van der Waals surface area contributed by atoms with Crippen molar-refractivity contribution in [2.75, 3.05) is 19.2 Å². The van der Waals surface area contributed by atoms with Crippen LogP contribution in [0.3, 0.4) is 0 Å². The predicted molar refractivity (Wildman–Crippen MR) is 121 cm³/mol. The van der Waals surface area contributed by atoms with Gasteiger partial charge in [-0.2, -0.15) is 0 Å². The normalized spacial score (nSPS) is 13.6. The van der Waals surface area contributed by atoms with E-state index in [4.69, 9.17) is 29.7 Å². The van der Waals surface area contributed by atoms with Gasteiger partial charge in [0, 0.05) is 19.3 Å². The van der Waals surface area contributed by atoms with Gasteiger partial charge in [0.2, 0.25) is 0 Å². The summed E-state index contributed by atoms with van der Waals surface area (Å²) in [6, 6.07) is 8.83. The van der Waals surface area contributed by atoms with E-state index in [1.807, 2.05) is 13.0 Å². The summed E-state index contributed by atoms with van der Waals surface area (Å²) in [5.74, 6) is -1.73. The monoisotopic (exact) mass is 493 g/mol. The van der Waals surface area contributed by atoms with E-state index in [1.165, 1.54) is 13.4 Å². The predicted octanol–water partition coefficient (Wildman–Crippen LogP) is 2.40. The lowest BCUT2D eigenvalue weighted by Gasteiger charge is -2.20. The molecule has 34 heavy (non-hydrogen) atoms. The van der Waals surface area contributed by atoms with Crippen molar-refractivity contribution in [3.05, 3.63) is 55.1 Å². The maximum atomic E-state index is 12.7. The molecular formula is C20H24N5O8P. The number of carbonyl (C=O) groups is 2. The summed E-state index contributed by atoms with van der Waals surface area (Å²) in [6.45, 7) is 2.29. The van der Waals surface area contributed by atoms with Gasteiger partial charge in [0.05, 0.1) is 19.0 Å². The lowest BCUT2D eigenvalue weighted by Crippen LogP contribution is -2.18. The molecule has 182 valence electrons. The molecule has 0 saturated heterocycles. The van der Waals surface area contributed by atoms with Gasteiger partial charge in [0.1, 0.15) is 17.6 Å². The number of aromatic nitrogens is 4. The fraction of sp³-hybridized carbons (Fsp3) is 0.250. The first kappa shape index (κ1) is 26.5. The number of nitrogens with two attached hydrogens (primary N) is 1. The maximum Gasteiger partial charge on any atom is 0.404 e. The number of para-hydroxylation sites is 1. The lowest BCUT2D eigenvalue weighted by atomic mass is 10.3. The van der Waals surface area contributed by atoms with Gasteiger partial charge in [-0.25, -0.2) is 29.1 Å². The van der Waals surface area contributed by atoms with Crippen LogP contribution in [0.4, 0.5) is 5.82 Å². The fourth-order valence-electron chi connectivity index (χ4n) is 2.48. The Kier molecular flexibility index (Phi) is 9.68. The Bertz CT molecular complexity index is 1170. The molecule has 3 aromatic rings. The van der Waals surface area contributed by atoms with E-state index in [2.05, 4.69) is 15.0 Å². The zero-order valence-electron chi connectivity index (χ0n) is 18.3. The Morgan fingerprint density at radius 3 is 2.38 bits per heavy atom. The summed E-state index contributed by atoms with van der Waals surface area (Å²) in [6.07, 6.45) is 3.65. The average Bonchev–Trinajstić information content (AvgIpc) is 3.21. The number of carboxylic acid groups (broad SMARTS) is 2. The first-order valence-corrected chi connectivity index (χ1v) is 11.4. The number of aliphatic carboxylic acids is 2. The number of nitrogen functional groups attached to an aromatic ring is 1. The summed E-state index contributed by atoms with van der Waals surface area (Å²) in [4.78, 5) is 31.4. The quantitative estimate of drug-likeness (QED) is 0.277. The van der Waals surface area contributed by atoms with Gasteiger partial charge in [-0.1, -0.05) is 18.2 Å². The van der Waals surface area contributed by atoms with Crippen LogP contribution in [0.2, 0.25) is 0 Å². The number of nitrogens with zero attached hydrogens (tertiary/aromatic N) is 4. The molecule has 0 aliphatic heterocycles. The summed E-state index contributed by atoms with van der Waals surface area (Å²) < 4.78 is 30.7. The molecule has 0 radical (unpaired) electrons. The smallest absolute Gasteiger partial charge is 0.404 e. The van der Waals surface area contributed by atoms with Gasteiger partial charge in [-0.15, -0.1) is 0 Å². The van der Waals surface area contributed by atoms with Crippen molar-refractivity contribution in [2.45, 2.75) is 19.6 Å². The van der Waals surface area contributed by atoms with E-state index in [1.54, 1.807) is 35.2 Å². The Labute approximate surface area is 194 Å². The number of benzene rings is 1. The van der Waals surface area contributed by atoms with E-state index in [0.29, 0.717) is 41.4 Å². The third kappa shape index (κ3) is 8.28. The molecule has 0 aliphatic carbocycles. The summed E-state index contributed by atoms with van der Waals surface area (Å²) in [5, 5.41) is 15.6. The Morgan fingerprint density at radius 2 is 1.79 bits per heavy atom. The first-order valence-electron chi connectivity index (χ1n) is 9.70. The van der Waals surface area contributed by atoms with Crippen molar-refractivity contribution in [3.63, 3.8) is 0 Å². The standard InChI is InChI=1S/C16H20N5O4P.C4H4O4/c1-12(8-21-10-20-14-15(17)18-9-19-16(14)21)24-11-26(22,23-2)25-13-6-4-3-5-7-13;5-3(6)1-2-4(7)8/h3-7,9-10,12H,8,11H2,1-2H3,(H2,17,18,19);1-2H,(H,5,6)(H,7,8)/b;2-1+/t12-,26?;/m1./s1. The molecule has 0 amide bonds. The molecular weight excluding hydrogens is 469 g/mol. The van der Waals surface area contributed by atoms with Gasteiger partial charge in [0.15, 0.2) is 17.8 Å². The highest BCUT2D eigenvalue weighted by Gasteiger charge is 2.26. The van der Waals surface area contributed by atoms with E-state index < -0.39 is 19.5 Å². The Hall–Kier alpha value is -3.80. The van der Waals surface area contributed by atoms with E-state index in [-0.39, 0.29) is 12.5 Å². The number of imidazole rings is 1. The zero-order chi connectivity index (χ0) is 25.1. The van der Waals surface area contributed by atoms with Crippen LogP contribution in [0.1, 0.15) is 6.92 Å². The molecule has 1 unspecified atom stereocenters. The molecule has 2 aromatic heterocycles. The number of hydrogen-bond acceptors (Lipinski definition) is 10. The fourth-order valence-corrected chi connectivity index (χ4v) is 3.59. The summed E-state index contributed by atoms with van der Waals surface area (Å²) >= 11 is 0. The largest absolute Gasteiger partial charge is 0.478 e. The molecule has 0 bridgehead atoms. The van der Waals surface area contributed by atoms with Crippen LogP contribution in [-0.2, 0) is 30.0 Å². The zero-order valence-corrected chi connectivity index (χ0v) is 19.2. The number of fused-ring (bicyclic) bond motifs is 1. The van der Waals surface area contributed by atoms with E-state index >= 15 is 0 Å². The number of rotatable bonds is 10. The Balaban J connectivity index is 0.000000440. The average molecular weight is 493 g/mol. The second-order valence-electron chi connectivity index (χ2n) is 6.64. The molecule has 2 atom stereocenters. The van der Waals surface area contributed by atoms with E-state index in [9.17, 15) is 14.2 Å². The maximum absolute atomic E-state index is 12.7. The summed E-state index contributed by atoms with van der Waals surface area (Å²) in [7, 11) is -2.08. The van der Waals surface area contributed by atoms with Gasteiger partial charge in [0.25, 0.3) is 0 Å². The molecule has 0 fully saturated rings. The second-order valence-corrected chi connectivity index (χ2v) is 8.67. The highest BCUT2D eigenvalue weighted by Crippen LogP contribution is 2.47. The molecule has 3 rings (SSSR count). The molecule has 0 spiro atoms. The van der Waals surface area contributed by atoms with Crippen LogP contribution in [-0.4, -0.2) is 61.2 Å². The number of hydrogen-bond donors (Lipinski definition) is 3. The third-order valence-electron chi connectivity index (χ3n) is 4.03. The van der Waals surface area contributed by atoms with Crippen LogP contribution in [0.5, 0.6) is 5.75 Å². The topological polar surface area (TPSA) is 189 Å². The number of anilines is 1. The molecule has 2 heterocycles. The molecule has 0 aliphatic rings. The van der Waals surface area contributed by atoms with Gasteiger partial charge in [-0.05, 0) is 19.1 Å². The van der Waals surface area contributed by atoms with Crippen molar-refractivity contribution in [3.8, 4) is 5.75 Å². The highest BCUT2D eigenvalue weighted by atomic mass is 31.2. The van der Waals surface area contributed by atoms with Gasteiger partial charge >= 0.3 is 19.5 Å².